The highest BCUT2D eigenvalue weighted by molar-refractivity contribution is 6.14. The normalized spacial score (nSPS) is 14.3. The summed E-state index contributed by atoms with van der Waals surface area (Å²) < 4.78 is 7.95. The Bertz CT molecular complexity index is 1340. The van der Waals surface area contributed by atoms with Gasteiger partial charge >= 0.3 is 6.03 Å². The number of hydrogen-bond donors (Lipinski definition) is 1. The summed E-state index contributed by atoms with van der Waals surface area (Å²) in [7, 11) is 0. The lowest BCUT2D eigenvalue weighted by Crippen LogP contribution is -2.30. The summed E-state index contributed by atoms with van der Waals surface area (Å²) in [5, 5.41) is 11.9. The van der Waals surface area contributed by atoms with Crippen molar-refractivity contribution in [2.75, 3.05) is 6.54 Å². The Hall–Kier alpha value is -4.57. The van der Waals surface area contributed by atoms with E-state index in [1.165, 1.54) is 6.08 Å². The molecule has 0 aliphatic carbocycles. The summed E-state index contributed by atoms with van der Waals surface area (Å²) in [5.41, 5.74) is 5.39. The summed E-state index contributed by atoms with van der Waals surface area (Å²) in [6.07, 6.45) is 3.22. The number of amides is 3. The van der Waals surface area contributed by atoms with Crippen molar-refractivity contribution in [2.24, 2.45) is 0 Å². The van der Waals surface area contributed by atoms with E-state index in [0.29, 0.717) is 17.9 Å². The fraction of sp³-hybridized carbons (Fsp3) is 0.148. The van der Waals surface area contributed by atoms with Crippen LogP contribution in [0.2, 0.25) is 0 Å². The highest BCUT2D eigenvalue weighted by Gasteiger charge is 2.32. The quantitative estimate of drug-likeness (QED) is 0.322. The van der Waals surface area contributed by atoms with Gasteiger partial charge in [-0.1, -0.05) is 24.3 Å². The smallest absolute Gasteiger partial charge is 0.329 e. The molecule has 1 aliphatic heterocycles. The van der Waals surface area contributed by atoms with Crippen LogP contribution in [0.15, 0.2) is 72.9 Å². The van der Waals surface area contributed by atoms with E-state index in [4.69, 9.17) is 4.74 Å². The minimum atomic E-state index is -0.446. The number of rotatable bonds is 7. The zero-order valence-corrected chi connectivity index (χ0v) is 19.0. The van der Waals surface area contributed by atoms with Gasteiger partial charge < -0.3 is 14.6 Å². The largest absolute Gasteiger partial charge is 0.489 e. The van der Waals surface area contributed by atoms with Gasteiger partial charge in [0.05, 0.1) is 11.6 Å². The van der Waals surface area contributed by atoms with Crippen LogP contribution < -0.4 is 10.1 Å². The monoisotopic (exact) mass is 452 g/mol. The number of benzene rings is 2. The molecule has 1 saturated heterocycles. The van der Waals surface area contributed by atoms with Crippen LogP contribution in [0, 0.1) is 25.2 Å². The first-order chi connectivity index (χ1) is 16.4. The minimum Gasteiger partial charge on any atom is -0.489 e. The second-order valence-corrected chi connectivity index (χ2v) is 7.91. The van der Waals surface area contributed by atoms with Gasteiger partial charge in [0, 0.05) is 29.2 Å². The average Bonchev–Trinajstić information content (AvgIpc) is 3.27. The van der Waals surface area contributed by atoms with Crippen LogP contribution in [-0.2, 0) is 11.4 Å². The van der Waals surface area contributed by atoms with Crippen molar-refractivity contribution in [1.82, 2.24) is 14.8 Å². The maximum Gasteiger partial charge on any atom is 0.329 e. The number of carbonyl (C=O) groups excluding carboxylic acids is 2. The first-order valence-corrected chi connectivity index (χ1v) is 10.8. The van der Waals surface area contributed by atoms with E-state index in [1.54, 1.807) is 12.1 Å². The second-order valence-electron chi connectivity index (χ2n) is 7.91. The Morgan fingerprint density at radius 3 is 2.56 bits per heavy atom. The van der Waals surface area contributed by atoms with Gasteiger partial charge in [-0.2, -0.15) is 5.26 Å². The van der Waals surface area contributed by atoms with Crippen LogP contribution in [0.1, 0.15) is 28.1 Å². The third-order valence-electron chi connectivity index (χ3n) is 5.67. The van der Waals surface area contributed by atoms with Gasteiger partial charge in [-0.05, 0) is 61.9 Å². The zero-order chi connectivity index (χ0) is 24.2. The molecule has 1 aromatic heterocycles. The van der Waals surface area contributed by atoms with E-state index in [2.05, 4.69) is 22.5 Å². The molecule has 7 nitrogen and oxygen atoms in total. The Morgan fingerprint density at radius 2 is 1.85 bits per heavy atom. The van der Waals surface area contributed by atoms with Crippen LogP contribution in [-0.4, -0.2) is 28.0 Å². The summed E-state index contributed by atoms with van der Waals surface area (Å²) in [6.45, 7) is 8.01. The van der Waals surface area contributed by atoms with E-state index in [0.717, 1.165) is 33.1 Å². The Balaban J connectivity index is 1.53. The van der Waals surface area contributed by atoms with Crippen molar-refractivity contribution in [2.45, 2.75) is 20.5 Å². The lowest BCUT2D eigenvalue weighted by molar-refractivity contribution is -0.122. The van der Waals surface area contributed by atoms with E-state index in [9.17, 15) is 14.9 Å². The summed E-state index contributed by atoms with van der Waals surface area (Å²) in [5.74, 6) is 0.331. The van der Waals surface area contributed by atoms with Crippen molar-refractivity contribution in [1.29, 1.82) is 5.26 Å². The SMILES string of the molecule is C=CCN1C(=O)N/C(=C/c2cc(C)n(-c3ccc(OCc4ccccc4C#N)cc3)c2C)C1=O. The summed E-state index contributed by atoms with van der Waals surface area (Å²) in [6, 6.07) is 18.7. The molecule has 4 rings (SSSR count). The molecule has 0 unspecified atom stereocenters. The molecule has 1 N–H and O–H groups in total. The van der Waals surface area contributed by atoms with Gasteiger partial charge in [-0.25, -0.2) is 4.79 Å². The molecule has 0 bridgehead atoms. The first kappa shape index (κ1) is 22.6. The number of carbonyl (C=O) groups is 2. The van der Waals surface area contributed by atoms with Gasteiger partial charge in [0.1, 0.15) is 18.1 Å². The molecule has 7 heteroatoms. The van der Waals surface area contributed by atoms with Crippen molar-refractivity contribution in [3.63, 3.8) is 0 Å². The van der Waals surface area contributed by atoms with Crippen molar-refractivity contribution < 1.29 is 14.3 Å². The number of nitrogens with zero attached hydrogens (tertiary/aromatic N) is 3. The lowest BCUT2D eigenvalue weighted by Gasteiger charge is -2.12. The number of nitriles is 1. The molecule has 2 aromatic carbocycles. The van der Waals surface area contributed by atoms with Crippen molar-refractivity contribution in [3.8, 4) is 17.5 Å². The van der Waals surface area contributed by atoms with Gasteiger partial charge in [-0.3, -0.25) is 9.69 Å². The molecule has 3 aromatic rings. The molecular weight excluding hydrogens is 428 g/mol. The summed E-state index contributed by atoms with van der Waals surface area (Å²) >= 11 is 0. The maximum absolute atomic E-state index is 12.5. The number of urea groups is 1. The van der Waals surface area contributed by atoms with Gasteiger partial charge in [0.25, 0.3) is 5.91 Å². The number of hydrogen-bond acceptors (Lipinski definition) is 4. The molecule has 3 amide bonds. The van der Waals surface area contributed by atoms with E-state index in [-0.39, 0.29) is 18.1 Å². The Labute approximate surface area is 198 Å². The highest BCUT2D eigenvalue weighted by Crippen LogP contribution is 2.25. The van der Waals surface area contributed by atoms with E-state index < -0.39 is 6.03 Å². The van der Waals surface area contributed by atoms with Crippen LogP contribution >= 0.6 is 0 Å². The molecule has 170 valence electrons. The van der Waals surface area contributed by atoms with Crippen molar-refractivity contribution in [3.05, 3.63) is 101 Å². The molecular formula is C27H24N4O3. The molecule has 0 radical (unpaired) electrons. The average molecular weight is 453 g/mol. The van der Waals surface area contributed by atoms with E-state index in [1.807, 2.05) is 62.4 Å². The number of nitrogens with one attached hydrogen (secondary N) is 1. The topological polar surface area (TPSA) is 87.4 Å². The molecule has 1 fully saturated rings. The molecule has 2 heterocycles. The molecule has 0 saturated carbocycles. The van der Waals surface area contributed by atoms with E-state index >= 15 is 0 Å². The van der Waals surface area contributed by atoms with Crippen LogP contribution in [0.4, 0.5) is 4.79 Å². The van der Waals surface area contributed by atoms with Crippen LogP contribution in [0.5, 0.6) is 5.75 Å². The lowest BCUT2D eigenvalue weighted by atomic mass is 10.1. The number of imide groups is 1. The fourth-order valence-electron chi connectivity index (χ4n) is 3.96. The maximum atomic E-state index is 12.5. The van der Waals surface area contributed by atoms with Crippen LogP contribution in [0.3, 0.4) is 0 Å². The van der Waals surface area contributed by atoms with Crippen LogP contribution in [0.25, 0.3) is 11.8 Å². The number of ether oxygens (including phenoxy) is 1. The molecule has 0 atom stereocenters. The molecule has 0 spiro atoms. The summed E-state index contributed by atoms with van der Waals surface area (Å²) in [4.78, 5) is 25.7. The highest BCUT2D eigenvalue weighted by atomic mass is 16.5. The van der Waals surface area contributed by atoms with Gasteiger partial charge in [0.2, 0.25) is 0 Å². The predicted molar refractivity (Wildman–Crippen MR) is 129 cm³/mol. The molecule has 1 aliphatic rings. The third-order valence-corrected chi connectivity index (χ3v) is 5.67. The number of aromatic nitrogens is 1. The zero-order valence-electron chi connectivity index (χ0n) is 19.0. The predicted octanol–water partition coefficient (Wildman–Crippen LogP) is 4.62. The van der Waals surface area contributed by atoms with Gasteiger partial charge in [0.15, 0.2) is 0 Å². The molecule has 34 heavy (non-hydrogen) atoms. The first-order valence-electron chi connectivity index (χ1n) is 10.8. The standard InChI is InChI=1S/C27H24N4O3/c1-4-13-30-26(32)25(29-27(30)33)15-22-14-18(2)31(19(22)3)23-9-11-24(12-10-23)34-17-21-8-6-5-7-20(21)16-28/h4-12,14-15H,1,13,17H2,2-3H3,(H,29,33)/b25-15+. The fourth-order valence-corrected chi connectivity index (χ4v) is 3.96. The Morgan fingerprint density at radius 1 is 1.12 bits per heavy atom. The Kier molecular flexibility index (Phi) is 6.33. The third kappa shape index (κ3) is 4.34. The minimum absolute atomic E-state index is 0.164. The van der Waals surface area contributed by atoms with Crippen molar-refractivity contribution >= 4 is 18.0 Å². The van der Waals surface area contributed by atoms with Gasteiger partial charge in [-0.15, -0.1) is 6.58 Å². The number of aryl methyl sites for hydroxylation is 1. The second kappa shape index (κ2) is 9.51.